The van der Waals surface area contributed by atoms with Crippen molar-refractivity contribution in [2.24, 2.45) is 0 Å². The van der Waals surface area contributed by atoms with E-state index in [1.54, 1.807) is 0 Å². The normalized spacial score (nSPS) is 12.7. The third-order valence-electron chi connectivity index (χ3n) is 2.32. The number of unbranched alkanes of at least 4 members (excludes halogenated alkanes) is 3. The molecule has 0 fully saturated rings. The van der Waals surface area contributed by atoms with Crippen molar-refractivity contribution in [3.8, 4) is 0 Å². The Hall–Kier alpha value is -0.180. The van der Waals surface area contributed by atoms with E-state index >= 15 is 0 Å². The minimum atomic E-state index is -0.698. The second kappa shape index (κ2) is 9.38. The molecule has 0 rings (SSSR count). The second-order valence-corrected chi connectivity index (χ2v) is 4.52. The lowest BCUT2D eigenvalue weighted by atomic mass is 10.1. The van der Waals surface area contributed by atoms with Gasteiger partial charge in [-0.1, -0.05) is 32.6 Å². The molecule has 84 valence electrons. The summed E-state index contributed by atoms with van der Waals surface area (Å²) in [5, 5.41) is 8.84. The number of aliphatic carboxylic acids is 1. The SMILES string of the molecule is CCCCCCC(S)CCCC(=O)O. The van der Waals surface area contributed by atoms with Gasteiger partial charge in [0.2, 0.25) is 0 Å². The van der Waals surface area contributed by atoms with E-state index in [4.69, 9.17) is 5.11 Å². The highest BCUT2D eigenvalue weighted by atomic mass is 32.1. The van der Waals surface area contributed by atoms with Crippen LogP contribution in [0.1, 0.15) is 58.3 Å². The Bertz CT molecular complexity index is 148. The number of carbonyl (C=O) groups is 1. The van der Waals surface area contributed by atoms with Gasteiger partial charge in [-0.05, 0) is 19.3 Å². The van der Waals surface area contributed by atoms with Gasteiger partial charge in [0.25, 0.3) is 0 Å². The van der Waals surface area contributed by atoms with Crippen LogP contribution in [-0.4, -0.2) is 16.3 Å². The first-order valence-electron chi connectivity index (χ1n) is 5.56. The lowest BCUT2D eigenvalue weighted by Gasteiger charge is -2.08. The molecule has 0 aromatic heterocycles. The quantitative estimate of drug-likeness (QED) is 0.459. The van der Waals surface area contributed by atoms with Crippen LogP contribution < -0.4 is 0 Å². The van der Waals surface area contributed by atoms with Gasteiger partial charge in [0.15, 0.2) is 0 Å². The number of carboxylic acids is 1. The molecule has 0 heterocycles. The molecule has 0 bridgehead atoms. The lowest BCUT2D eigenvalue weighted by Crippen LogP contribution is -2.01. The van der Waals surface area contributed by atoms with E-state index < -0.39 is 5.97 Å². The van der Waals surface area contributed by atoms with E-state index in [9.17, 15) is 4.79 Å². The summed E-state index contributed by atoms with van der Waals surface area (Å²) in [5.74, 6) is -0.698. The van der Waals surface area contributed by atoms with Gasteiger partial charge in [0.05, 0.1) is 0 Å². The molecule has 0 aliphatic heterocycles. The molecule has 1 atom stereocenters. The minimum absolute atomic E-state index is 0.284. The molecule has 0 aromatic carbocycles. The van der Waals surface area contributed by atoms with E-state index in [0.717, 1.165) is 19.3 Å². The lowest BCUT2D eigenvalue weighted by molar-refractivity contribution is -0.137. The number of hydrogen-bond acceptors (Lipinski definition) is 2. The van der Waals surface area contributed by atoms with E-state index in [-0.39, 0.29) is 6.42 Å². The monoisotopic (exact) mass is 218 g/mol. The Balaban J connectivity index is 3.19. The van der Waals surface area contributed by atoms with Crippen LogP contribution in [0.25, 0.3) is 0 Å². The smallest absolute Gasteiger partial charge is 0.303 e. The molecule has 0 saturated heterocycles. The third kappa shape index (κ3) is 9.90. The van der Waals surface area contributed by atoms with Gasteiger partial charge in [-0.3, -0.25) is 4.79 Å². The van der Waals surface area contributed by atoms with Crippen molar-refractivity contribution in [1.29, 1.82) is 0 Å². The van der Waals surface area contributed by atoms with Crippen LogP contribution in [0.3, 0.4) is 0 Å². The zero-order valence-electron chi connectivity index (χ0n) is 9.04. The average Bonchev–Trinajstić information content (AvgIpc) is 2.12. The van der Waals surface area contributed by atoms with Gasteiger partial charge in [-0.25, -0.2) is 0 Å². The molecule has 0 saturated carbocycles. The molecule has 0 aliphatic carbocycles. The molecule has 3 heteroatoms. The molecular formula is C11H22O2S. The van der Waals surface area contributed by atoms with Crippen LogP contribution in [0.4, 0.5) is 0 Å². The predicted molar refractivity (Wildman–Crippen MR) is 63.0 cm³/mol. The Kier molecular flexibility index (Phi) is 9.26. The summed E-state index contributed by atoms with van der Waals surface area (Å²) in [6.07, 6.45) is 8.18. The van der Waals surface area contributed by atoms with Crippen LogP contribution >= 0.6 is 12.6 Å². The van der Waals surface area contributed by atoms with E-state index in [1.807, 2.05) is 0 Å². The Labute approximate surface area is 92.5 Å². The molecule has 1 unspecified atom stereocenters. The first-order chi connectivity index (χ1) is 6.66. The van der Waals surface area contributed by atoms with Gasteiger partial charge in [-0.15, -0.1) is 0 Å². The molecule has 1 N–H and O–H groups in total. The Morgan fingerprint density at radius 3 is 2.43 bits per heavy atom. The summed E-state index contributed by atoms with van der Waals surface area (Å²) in [6.45, 7) is 2.20. The number of hydrogen-bond donors (Lipinski definition) is 2. The second-order valence-electron chi connectivity index (χ2n) is 3.79. The van der Waals surface area contributed by atoms with Crippen molar-refractivity contribution in [2.45, 2.75) is 63.5 Å². The summed E-state index contributed by atoms with van der Waals surface area (Å²) < 4.78 is 0. The average molecular weight is 218 g/mol. The molecule has 0 amide bonds. The highest BCUT2D eigenvalue weighted by molar-refractivity contribution is 7.80. The van der Waals surface area contributed by atoms with Crippen LogP contribution in [0.2, 0.25) is 0 Å². The Morgan fingerprint density at radius 2 is 1.86 bits per heavy atom. The fraction of sp³-hybridized carbons (Fsp3) is 0.909. The van der Waals surface area contributed by atoms with Crippen molar-refractivity contribution in [3.05, 3.63) is 0 Å². The van der Waals surface area contributed by atoms with Crippen molar-refractivity contribution in [2.75, 3.05) is 0 Å². The van der Waals surface area contributed by atoms with Crippen LogP contribution in [0.5, 0.6) is 0 Å². The largest absolute Gasteiger partial charge is 0.481 e. The molecule has 0 aliphatic rings. The summed E-state index contributed by atoms with van der Waals surface area (Å²) >= 11 is 4.44. The van der Waals surface area contributed by atoms with Gasteiger partial charge in [0, 0.05) is 11.7 Å². The standard InChI is InChI=1S/C11H22O2S/c1-2-3-4-5-7-10(14)8-6-9-11(12)13/h10,14H,2-9H2,1H3,(H,12,13). The molecule has 2 nitrogen and oxygen atoms in total. The van der Waals surface area contributed by atoms with Gasteiger partial charge in [-0.2, -0.15) is 12.6 Å². The van der Waals surface area contributed by atoms with Gasteiger partial charge in [0.1, 0.15) is 0 Å². The highest BCUT2D eigenvalue weighted by Gasteiger charge is 2.04. The van der Waals surface area contributed by atoms with Crippen LogP contribution in [0, 0.1) is 0 Å². The fourth-order valence-electron chi connectivity index (χ4n) is 1.44. The maximum Gasteiger partial charge on any atom is 0.303 e. The van der Waals surface area contributed by atoms with E-state index in [0.29, 0.717) is 5.25 Å². The first-order valence-corrected chi connectivity index (χ1v) is 6.08. The zero-order valence-corrected chi connectivity index (χ0v) is 9.93. The predicted octanol–water partition coefficient (Wildman–Crippen LogP) is 3.51. The van der Waals surface area contributed by atoms with Gasteiger partial charge < -0.3 is 5.11 Å². The van der Waals surface area contributed by atoms with Crippen LogP contribution in [0.15, 0.2) is 0 Å². The van der Waals surface area contributed by atoms with E-state index in [1.165, 1.54) is 25.7 Å². The molecule has 0 aromatic rings. The maximum absolute atomic E-state index is 10.3. The summed E-state index contributed by atoms with van der Waals surface area (Å²) in [4.78, 5) is 10.3. The van der Waals surface area contributed by atoms with E-state index in [2.05, 4.69) is 19.6 Å². The van der Waals surface area contributed by atoms with Crippen molar-refractivity contribution in [3.63, 3.8) is 0 Å². The molecule has 14 heavy (non-hydrogen) atoms. The molecule has 0 spiro atoms. The summed E-state index contributed by atoms with van der Waals surface area (Å²) in [6, 6.07) is 0. The fourth-order valence-corrected chi connectivity index (χ4v) is 1.81. The third-order valence-corrected chi connectivity index (χ3v) is 2.84. The number of carboxylic acid groups (broad SMARTS) is 1. The summed E-state index contributed by atoms with van der Waals surface area (Å²) in [5.41, 5.74) is 0. The van der Waals surface area contributed by atoms with Crippen molar-refractivity contribution < 1.29 is 9.90 Å². The topological polar surface area (TPSA) is 37.3 Å². The minimum Gasteiger partial charge on any atom is -0.481 e. The maximum atomic E-state index is 10.3. The molecular weight excluding hydrogens is 196 g/mol. The van der Waals surface area contributed by atoms with Gasteiger partial charge >= 0.3 is 5.97 Å². The van der Waals surface area contributed by atoms with Crippen molar-refractivity contribution >= 4 is 18.6 Å². The molecule has 0 radical (unpaired) electrons. The zero-order chi connectivity index (χ0) is 10.8. The summed E-state index contributed by atoms with van der Waals surface area (Å²) in [7, 11) is 0. The first kappa shape index (κ1) is 13.8. The van der Waals surface area contributed by atoms with Crippen LogP contribution in [-0.2, 0) is 4.79 Å². The number of thiol groups is 1. The highest BCUT2D eigenvalue weighted by Crippen LogP contribution is 2.15. The van der Waals surface area contributed by atoms with Crippen molar-refractivity contribution in [1.82, 2.24) is 0 Å². The Morgan fingerprint density at radius 1 is 1.21 bits per heavy atom. The number of rotatable bonds is 9.